The zero-order chi connectivity index (χ0) is 8.55. The van der Waals surface area contributed by atoms with Gasteiger partial charge in [-0.05, 0) is 37.2 Å². The summed E-state index contributed by atoms with van der Waals surface area (Å²) in [5.41, 5.74) is 2.75. The molecular weight excluding hydrogens is 148 g/mol. The van der Waals surface area contributed by atoms with Crippen molar-refractivity contribution in [3.8, 4) is 0 Å². The molecule has 0 aliphatic heterocycles. The van der Waals surface area contributed by atoms with E-state index in [4.69, 9.17) is 0 Å². The van der Waals surface area contributed by atoms with E-state index in [1.807, 2.05) is 0 Å². The standard InChI is InChI=1S/C11H16O/c1-2-3-8-4-5-10-9(8)6-7-11(10)12/h8H,2-7H2,1H3. The molecule has 0 bridgehead atoms. The summed E-state index contributed by atoms with van der Waals surface area (Å²) in [6.07, 6.45) is 6.79. The van der Waals surface area contributed by atoms with E-state index in [-0.39, 0.29) is 0 Å². The Labute approximate surface area is 73.8 Å². The molecule has 1 unspecified atom stereocenters. The Morgan fingerprint density at radius 2 is 2.17 bits per heavy atom. The third kappa shape index (κ3) is 1.12. The summed E-state index contributed by atoms with van der Waals surface area (Å²) in [4.78, 5) is 11.3. The SMILES string of the molecule is CCCC1CCC2=C1CCC2=O. The molecule has 0 aromatic heterocycles. The highest BCUT2D eigenvalue weighted by Crippen LogP contribution is 2.42. The quantitative estimate of drug-likeness (QED) is 0.613. The first-order valence-corrected chi connectivity index (χ1v) is 5.08. The Bertz CT molecular complexity index is 237. The van der Waals surface area contributed by atoms with Gasteiger partial charge in [-0.2, -0.15) is 0 Å². The van der Waals surface area contributed by atoms with Gasteiger partial charge >= 0.3 is 0 Å². The highest BCUT2D eigenvalue weighted by atomic mass is 16.1. The van der Waals surface area contributed by atoms with Crippen LogP contribution in [0.1, 0.15) is 45.4 Å². The summed E-state index contributed by atoms with van der Waals surface area (Å²) in [5.74, 6) is 1.22. The normalized spacial score (nSPS) is 28.4. The van der Waals surface area contributed by atoms with Crippen LogP contribution in [0.3, 0.4) is 0 Å². The summed E-state index contributed by atoms with van der Waals surface area (Å²) in [5, 5.41) is 0. The van der Waals surface area contributed by atoms with Crippen molar-refractivity contribution < 1.29 is 4.79 Å². The fourth-order valence-electron chi connectivity index (χ4n) is 2.64. The Hall–Kier alpha value is -0.590. The predicted molar refractivity (Wildman–Crippen MR) is 48.9 cm³/mol. The van der Waals surface area contributed by atoms with E-state index < -0.39 is 0 Å². The summed E-state index contributed by atoms with van der Waals surface area (Å²) in [6, 6.07) is 0. The van der Waals surface area contributed by atoms with Crippen LogP contribution in [0.25, 0.3) is 0 Å². The monoisotopic (exact) mass is 164 g/mol. The van der Waals surface area contributed by atoms with Crippen molar-refractivity contribution in [2.75, 3.05) is 0 Å². The minimum atomic E-state index is 0.448. The van der Waals surface area contributed by atoms with Crippen molar-refractivity contribution >= 4 is 5.78 Å². The number of rotatable bonds is 2. The lowest BCUT2D eigenvalue weighted by Crippen LogP contribution is -1.97. The highest BCUT2D eigenvalue weighted by molar-refractivity contribution is 5.99. The second kappa shape index (κ2) is 3.04. The van der Waals surface area contributed by atoms with Gasteiger partial charge in [-0.25, -0.2) is 0 Å². The maximum atomic E-state index is 11.3. The molecule has 12 heavy (non-hydrogen) atoms. The van der Waals surface area contributed by atoms with Gasteiger partial charge < -0.3 is 0 Å². The topological polar surface area (TPSA) is 17.1 Å². The number of allylic oxidation sites excluding steroid dienone is 2. The molecule has 2 aliphatic rings. The maximum absolute atomic E-state index is 11.3. The summed E-state index contributed by atoms with van der Waals surface area (Å²) < 4.78 is 0. The van der Waals surface area contributed by atoms with Crippen LogP contribution in [0, 0.1) is 5.92 Å². The van der Waals surface area contributed by atoms with Crippen LogP contribution in [-0.4, -0.2) is 5.78 Å². The van der Waals surface area contributed by atoms with E-state index in [0.717, 1.165) is 25.2 Å². The van der Waals surface area contributed by atoms with Crippen LogP contribution in [0.5, 0.6) is 0 Å². The second-order valence-electron chi connectivity index (χ2n) is 3.95. The number of carbonyl (C=O) groups is 1. The van der Waals surface area contributed by atoms with Crippen molar-refractivity contribution in [2.24, 2.45) is 5.92 Å². The molecular formula is C11H16O. The van der Waals surface area contributed by atoms with E-state index in [9.17, 15) is 4.79 Å². The predicted octanol–water partition coefficient (Wildman–Crippen LogP) is 2.86. The number of hydrogen-bond acceptors (Lipinski definition) is 1. The van der Waals surface area contributed by atoms with Gasteiger partial charge in [0.2, 0.25) is 0 Å². The molecule has 0 spiro atoms. The lowest BCUT2D eigenvalue weighted by Gasteiger charge is -2.10. The summed E-state index contributed by atoms with van der Waals surface area (Å²) >= 11 is 0. The van der Waals surface area contributed by atoms with Gasteiger partial charge in [0, 0.05) is 6.42 Å². The molecule has 2 rings (SSSR count). The molecule has 0 fully saturated rings. The first kappa shape index (κ1) is 8.03. The molecule has 0 saturated carbocycles. The second-order valence-corrected chi connectivity index (χ2v) is 3.95. The lowest BCUT2D eigenvalue weighted by atomic mass is 9.95. The number of carbonyl (C=O) groups excluding carboxylic acids is 1. The number of Topliss-reactive ketones (excluding diaryl/α,β-unsaturated/α-hetero) is 1. The number of ketones is 1. The van der Waals surface area contributed by atoms with Crippen molar-refractivity contribution in [1.82, 2.24) is 0 Å². The third-order valence-corrected chi connectivity index (χ3v) is 3.22. The van der Waals surface area contributed by atoms with Crippen LogP contribution in [0.2, 0.25) is 0 Å². The Morgan fingerprint density at radius 3 is 2.92 bits per heavy atom. The molecule has 0 heterocycles. The first-order chi connectivity index (χ1) is 5.83. The third-order valence-electron chi connectivity index (χ3n) is 3.22. The van der Waals surface area contributed by atoms with E-state index in [1.54, 1.807) is 0 Å². The van der Waals surface area contributed by atoms with Crippen LogP contribution >= 0.6 is 0 Å². The average Bonchev–Trinajstić information content (AvgIpc) is 2.58. The average molecular weight is 164 g/mol. The zero-order valence-electron chi connectivity index (χ0n) is 7.73. The van der Waals surface area contributed by atoms with E-state index in [2.05, 4.69) is 6.92 Å². The van der Waals surface area contributed by atoms with Gasteiger partial charge in [0.1, 0.15) is 0 Å². The largest absolute Gasteiger partial charge is 0.295 e. The van der Waals surface area contributed by atoms with Crippen LogP contribution < -0.4 is 0 Å². The van der Waals surface area contributed by atoms with Crippen LogP contribution in [0.15, 0.2) is 11.1 Å². The molecule has 1 heteroatoms. The molecule has 0 aromatic rings. The molecule has 1 atom stereocenters. The van der Waals surface area contributed by atoms with E-state index >= 15 is 0 Å². The fourth-order valence-corrected chi connectivity index (χ4v) is 2.64. The Balaban J connectivity index is 2.14. The Kier molecular flexibility index (Phi) is 2.03. The summed E-state index contributed by atoms with van der Waals surface area (Å²) in [7, 11) is 0. The molecule has 0 aromatic carbocycles. The lowest BCUT2D eigenvalue weighted by molar-refractivity contribution is -0.115. The molecule has 1 nitrogen and oxygen atoms in total. The van der Waals surface area contributed by atoms with E-state index in [1.165, 1.54) is 30.4 Å². The smallest absolute Gasteiger partial charge is 0.159 e. The van der Waals surface area contributed by atoms with Gasteiger partial charge in [-0.3, -0.25) is 4.79 Å². The van der Waals surface area contributed by atoms with Crippen molar-refractivity contribution in [3.63, 3.8) is 0 Å². The molecule has 0 amide bonds. The van der Waals surface area contributed by atoms with Gasteiger partial charge in [0.15, 0.2) is 5.78 Å². The minimum absolute atomic E-state index is 0.448. The van der Waals surface area contributed by atoms with Gasteiger partial charge in [-0.1, -0.05) is 18.9 Å². The molecule has 0 radical (unpaired) electrons. The zero-order valence-corrected chi connectivity index (χ0v) is 7.73. The highest BCUT2D eigenvalue weighted by Gasteiger charge is 2.32. The van der Waals surface area contributed by atoms with Gasteiger partial charge in [0.25, 0.3) is 0 Å². The van der Waals surface area contributed by atoms with Crippen LogP contribution in [0.4, 0.5) is 0 Å². The minimum Gasteiger partial charge on any atom is -0.295 e. The Morgan fingerprint density at radius 1 is 1.33 bits per heavy atom. The molecule has 66 valence electrons. The number of hydrogen-bond donors (Lipinski definition) is 0. The first-order valence-electron chi connectivity index (χ1n) is 5.08. The summed E-state index contributed by atoms with van der Waals surface area (Å²) in [6.45, 7) is 2.23. The van der Waals surface area contributed by atoms with Gasteiger partial charge in [0.05, 0.1) is 0 Å². The van der Waals surface area contributed by atoms with E-state index in [0.29, 0.717) is 5.78 Å². The molecule has 2 aliphatic carbocycles. The van der Waals surface area contributed by atoms with Crippen molar-refractivity contribution in [3.05, 3.63) is 11.1 Å². The van der Waals surface area contributed by atoms with Crippen molar-refractivity contribution in [2.45, 2.75) is 45.4 Å². The fraction of sp³-hybridized carbons (Fsp3) is 0.727. The van der Waals surface area contributed by atoms with Crippen molar-refractivity contribution in [1.29, 1.82) is 0 Å². The van der Waals surface area contributed by atoms with Crippen LogP contribution in [-0.2, 0) is 4.79 Å². The molecule has 0 N–H and O–H groups in total. The van der Waals surface area contributed by atoms with Gasteiger partial charge in [-0.15, -0.1) is 0 Å². The maximum Gasteiger partial charge on any atom is 0.159 e. The molecule has 0 saturated heterocycles.